The predicted molar refractivity (Wildman–Crippen MR) is 130 cm³/mol. The summed E-state index contributed by atoms with van der Waals surface area (Å²) in [6.07, 6.45) is 7.03. The third-order valence-corrected chi connectivity index (χ3v) is 5.03. The molecule has 2 aromatic rings. The monoisotopic (exact) mass is 483 g/mol. The molecule has 0 atom stereocenters. The molecule has 2 rings (SSSR count). The number of nitrogens with zero attached hydrogens (tertiary/aromatic N) is 1. The van der Waals surface area contributed by atoms with Crippen LogP contribution in [0.5, 0.6) is 11.5 Å². The van der Waals surface area contributed by atoms with Gasteiger partial charge in [-0.3, -0.25) is 0 Å². The van der Waals surface area contributed by atoms with Crippen molar-refractivity contribution in [1.82, 2.24) is 0 Å². The molecule has 0 heterocycles. The molecular weight excluding hydrogens is 457 g/mol. The number of ether oxygens (including phenoxy) is 2. The zero-order valence-corrected chi connectivity index (χ0v) is 20.1. The molecule has 0 saturated carbocycles. The summed E-state index contributed by atoms with van der Waals surface area (Å²) in [5.41, 5.74) is 3.13. The Morgan fingerprint density at radius 2 is 1.74 bits per heavy atom. The minimum Gasteiger partial charge on any atom is -0.493 e. The molecule has 4 nitrogen and oxygen atoms in total. The summed E-state index contributed by atoms with van der Waals surface area (Å²) in [5.74, 6) is 1.72. The number of hydrogen-bond donors (Lipinski definition) is 0. The van der Waals surface area contributed by atoms with Crippen molar-refractivity contribution in [3.8, 4) is 11.5 Å². The zero-order chi connectivity index (χ0) is 22.5. The molecule has 0 saturated heterocycles. The first-order valence-electron chi connectivity index (χ1n) is 10.3. The maximum atomic E-state index is 6.06. The van der Waals surface area contributed by atoms with Gasteiger partial charge in [0.15, 0.2) is 0 Å². The van der Waals surface area contributed by atoms with E-state index < -0.39 is 0 Å². The van der Waals surface area contributed by atoms with E-state index >= 15 is 0 Å². The van der Waals surface area contributed by atoms with Crippen molar-refractivity contribution in [3.05, 3.63) is 68.7 Å². The fraction of sp³-hybridized carbons (Fsp3) is 0.375. The third-order valence-electron chi connectivity index (χ3n) is 4.47. The number of oxime groups is 1. The molecule has 168 valence electrons. The van der Waals surface area contributed by atoms with Gasteiger partial charge >= 0.3 is 0 Å². The lowest BCUT2D eigenvalue weighted by Crippen LogP contribution is -2.04. The van der Waals surface area contributed by atoms with Crippen LogP contribution in [0.3, 0.4) is 0 Å². The van der Waals surface area contributed by atoms with Crippen molar-refractivity contribution >= 4 is 41.0 Å². The van der Waals surface area contributed by atoms with Crippen molar-refractivity contribution in [2.45, 2.75) is 39.5 Å². The highest BCUT2D eigenvalue weighted by atomic mass is 35.5. The van der Waals surface area contributed by atoms with Gasteiger partial charge in [0.1, 0.15) is 29.2 Å². The van der Waals surface area contributed by atoms with E-state index in [0.29, 0.717) is 24.8 Å². The average molecular weight is 485 g/mol. The number of hydrogen-bond acceptors (Lipinski definition) is 4. The summed E-state index contributed by atoms with van der Waals surface area (Å²) in [6, 6.07) is 11.4. The van der Waals surface area contributed by atoms with Crippen LogP contribution < -0.4 is 9.47 Å². The van der Waals surface area contributed by atoms with Crippen molar-refractivity contribution in [1.29, 1.82) is 0 Å². The minimum atomic E-state index is 0.200. The Morgan fingerprint density at radius 3 is 2.45 bits per heavy atom. The van der Waals surface area contributed by atoms with Crippen LogP contribution in [0.15, 0.2) is 52.1 Å². The summed E-state index contributed by atoms with van der Waals surface area (Å²) >= 11 is 17.1. The first-order chi connectivity index (χ1) is 15.0. The molecule has 0 spiro atoms. The summed E-state index contributed by atoms with van der Waals surface area (Å²) in [4.78, 5) is 5.31. The van der Waals surface area contributed by atoms with E-state index in [1.165, 1.54) is 0 Å². The number of aryl methyl sites for hydroxylation is 2. The van der Waals surface area contributed by atoms with Gasteiger partial charge in [0.2, 0.25) is 0 Å². The zero-order valence-electron chi connectivity index (χ0n) is 17.9. The van der Waals surface area contributed by atoms with E-state index in [-0.39, 0.29) is 4.49 Å². The van der Waals surface area contributed by atoms with Crippen LogP contribution >= 0.6 is 34.8 Å². The smallest absolute Gasteiger partial charge is 0.125 e. The van der Waals surface area contributed by atoms with Crippen molar-refractivity contribution in [2.24, 2.45) is 5.16 Å². The Balaban J connectivity index is 1.68. The number of halogens is 3. The summed E-state index contributed by atoms with van der Waals surface area (Å²) < 4.78 is 11.9. The van der Waals surface area contributed by atoms with Crippen LogP contribution in [-0.2, 0) is 11.3 Å². The van der Waals surface area contributed by atoms with E-state index in [2.05, 4.69) is 12.1 Å². The lowest BCUT2D eigenvalue weighted by Gasteiger charge is -2.15. The Bertz CT molecular complexity index is 863. The van der Waals surface area contributed by atoms with Crippen molar-refractivity contribution in [3.63, 3.8) is 0 Å². The Morgan fingerprint density at radius 1 is 1.00 bits per heavy atom. The second kappa shape index (κ2) is 14.2. The summed E-state index contributed by atoms with van der Waals surface area (Å²) in [6.45, 7) is 5.70. The van der Waals surface area contributed by atoms with E-state index in [1.54, 1.807) is 12.3 Å². The SMILES string of the molecule is CCc1cc(OCC=C(Cl)Cl)cc(C)c1OCCCCCO/N=C/c1ccc(Cl)cc1. The van der Waals surface area contributed by atoms with E-state index in [1.807, 2.05) is 43.3 Å². The number of benzene rings is 2. The van der Waals surface area contributed by atoms with Crippen molar-refractivity contribution in [2.75, 3.05) is 19.8 Å². The molecule has 0 amide bonds. The van der Waals surface area contributed by atoms with Gasteiger partial charge < -0.3 is 14.3 Å². The average Bonchev–Trinajstić information content (AvgIpc) is 2.74. The lowest BCUT2D eigenvalue weighted by atomic mass is 10.1. The van der Waals surface area contributed by atoms with Crippen LogP contribution in [0.2, 0.25) is 5.02 Å². The van der Waals surface area contributed by atoms with E-state index in [9.17, 15) is 0 Å². The van der Waals surface area contributed by atoms with Gasteiger partial charge in [-0.1, -0.05) is 59.0 Å². The molecule has 0 radical (unpaired) electrons. The molecule has 0 aliphatic rings. The normalized spacial score (nSPS) is 10.9. The summed E-state index contributed by atoms with van der Waals surface area (Å²) in [5, 5.41) is 4.69. The molecule has 0 aliphatic carbocycles. The first kappa shape index (κ1) is 25.4. The third kappa shape index (κ3) is 9.86. The quantitative estimate of drug-likeness (QED) is 0.168. The fourth-order valence-electron chi connectivity index (χ4n) is 2.88. The maximum Gasteiger partial charge on any atom is 0.125 e. The molecule has 0 aliphatic heterocycles. The Hall–Kier alpha value is -1.88. The number of rotatable bonds is 13. The van der Waals surface area contributed by atoms with Crippen LogP contribution in [-0.4, -0.2) is 26.0 Å². The topological polar surface area (TPSA) is 40.0 Å². The van der Waals surface area contributed by atoms with Gasteiger partial charge in [0, 0.05) is 5.02 Å². The first-order valence-corrected chi connectivity index (χ1v) is 11.4. The highest BCUT2D eigenvalue weighted by Crippen LogP contribution is 2.30. The molecule has 0 bridgehead atoms. The van der Waals surface area contributed by atoms with Gasteiger partial charge in [0.05, 0.1) is 12.8 Å². The fourth-order valence-corrected chi connectivity index (χ4v) is 3.14. The lowest BCUT2D eigenvalue weighted by molar-refractivity contribution is 0.140. The van der Waals surface area contributed by atoms with Crippen LogP contribution in [0.4, 0.5) is 0 Å². The molecule has 7 heteroatoms. The molecule has 2 aromatic carbocycles. The molecule has 31 heavy (non-hydrogen) atoms. The molecular formula is C24H28Cl3NO3. The Kier molecular flexibility index (Phi) is 11.7. The van der Waals surface area contributed by atoms with Crippen LogP contribution in [0, 0.1) is 6.92 Å². The second-order valence-corrected chi connectivity index (χ2v) is 8.36. The van der Waals surface area contributed by atoms with Crippen molar-refractivity contribution < 1.29 is 14.3 Å². The van der Waals surface area contributed by atoms with E-state index in [0.717, 1.165) is 53.9 Å². The second-order valence-electron chi connectivity index (χ2n) is 6.92. The maximum absolute atomic E-state index is 6.06. The molecule has 0 fully saturated rings. The van der Waals surface area contributed by atoms with Gasteiger partial charge in [-0.15, -0.1) is 0 Å². The van der Waals surface area contributed by atoms with Crippen LogP contribution in [0.25, 0.3) is 0 Å². The molecule has 0 N–H and O–H groups in total. The van der Waals surface area contributed by atoms with Gasteiger partial charge in [0.25, 0.3) is 0 Å². The van der Waals surface area contributed by atoms with Crippen LogP contribution in [0.1, 0.15) is 42.9 Å². The van der Waals surface area contributed by atoms with E-state index in [4.69, 9.17) is 49.1 Å². The molecule has 0 aromatic heterocycles. The predicted octanol–water partition coefficient (Wildman–Crippen LogP) is 7.51. The number of unbranched alkanes of at least 4 members (excludes halogenated alkanes) is 2. The highest BCUT2D eigenvalue weighted by Gasteiger charge is 2.09. The molecule has 0 unspecified atom stereocenters. The Labute approximate surface area is 199 Å². The van der Waals surface area contributed by atoms with Gasteiger partial charge in [-0.2, -0.15) is 0 Å². The largest absolute Gasteiger partial charge is 0.493 e. The summed E-state index contributed by atoms with van der Waals surface area (Å²) in [7, 11) is 0. The van der Waals surface area contributed by atoms with Gasteiger partial charge in [-0.05, 0) is 79.6 Å². The minimum absolute atomic E-state index is 0.200. The highest BCUT2D eigenvalue weighted by molar-refractivity contribution is 6.55. The van der Waals surface area contributed by atoms with Gasteiger partial charge in [-0.25, -0.2) is 0 Å². The standard InChI is InChI=1S/C24H28Cl3NO3/c1-3-20-16-22(29-14-11-23(26)27)15-18(2)24(20)30-12-5-4-6-13-31-28-17-19-7-9-21(25)10-8-19/h7-11,15-17H,3-6,12-14H2,1-2H3/b28-17+.